The van der Waals surface area contributed by atoms with Crippen LogP contribution in [0.4, 0.5) is 5.13 Å². The van der Waals surface area contributed by atoms with E-state index in [0.29, 0.717) is 13.1 Å². The first kappa shape index (κ1) is 8.43. The largest absolute Gasteiger partial charge is 0.481 e. The highest BCUT2D eigenvalue weighted by molar-refractivity contribution is 7.09. The van der Waals surface area contributed by atoms with Crippen molar-refractivity contribution in [1.29, 1.82) is 0 Å². The van der Waals surface area contributed by atoms with Crippen LogP contribution in [0.25, 0.3) is 0 Å². The smallest absolute Gasteiger partial charge is 0.310 e. The Kier molecular flexibility index (Phi) is 1.91. The van der Waals surface area contributed by atoms with Crippen LogP contribution in [0.2, 0.25) is 0 Å². The van der Waals surface area contributed by atoms with Crippen LogP contribution in [0.3, 0.4) is 0 Å². The summed E-state index contributed by atoms with van der Waals surface area (Å²) in [7, 11) is 0. The van der Waals surface area contributed by atoms with E-state index < -0.39 is 5.97 Å². The molecule has 5 nitrogen and oxygen atoms in total. The number of hydrogen-bond acceptors (Lipinski definition) is 5. The SMILES string of the molecule is Cc1nsc(N2CC(C(=O)O)C2)n1. The number of aromatic nitrogens is 2. The fourth-order valence-electron chi connectivity index (χ4n) is 1.21. The second-order valence-corrected chi connectivity index (χ2v) is 3.79. The third kappa shape index (κ3) is 1.49. The van der Waals surface area contributed by atoms with Gasteiger partial charge < -0.3 is 10.0 Å². The second kappa shape index (κ2) is 2.95. The first-order valence-electron chi connectivity index (χ1n) is 3.95. The number of rotatable bonds is 2. The van der Waals surface area contributed by atoms with Gasteiger partial charge in [0.2, 0.25) is 5.13 Å². The molecule has 6 heteroatoms. The summed E-state index contributed by atoms with van der Waals surface area (Å²) < 4.78 is 4.03. The number of hydrogen-bond donors (Lipinski definition) is 1. The number of nitrogens with zero attached hydrogens (tertiary/aromatic N) is 3. The van der Waals surface area contributed by atoms with Gasteiger partial charge in [-0.3, -0.25) is 4.79 Å². The molecule has 1 aromatic heterocycles. The van der Waals surface area contributed by atoms with E-state index in [-0.39, 0.29) is 5.92 Å². The van der Waals surface area contributed by atoms with Gasteiger partial charge in [0.1, 0.15) is 5.82 Å². The van der Waals surface area contributed by atoms with Crippen molar-refractivity contribution >= 4 is 22.6 Å². The summed E-state index contributed by atoms with van der Waals surface area (Å²) in [6, 6.07) is 0. The Morgan fingerprint density at radius 3 is 2.85 bits per heavy atom. The van der Waals surface area contributed by atoms with E-state index in [2.05, 4.69) is 9.36 Å². The highest BCUT2D eigenvalue weighted by Gasteiger charge is 2.34. The molecule has 0 aliphatic carbocycles. The van der Waals surface area contributed by atoms with Crippen LogP contribution in [0, 0.1) is 12.8 Å². The molecule has 0 atom stereocenters. The lowest BCUT2D eigenvalue weighted by Gasteiger charge is -2.35. The predicted molar refractivity (Wildman–Crippen MR) is 48.0 cm³/mol. The fraction of sp³-hybridized carbons (Fsp3) is 0.571. The van der Waals surface area contributed by atoms with Crippen molar-refractivity contribution in [2.24, 2.45) is 5.92 Å². The average Bonchev–Trinajstić information content (AvgIpc) is 2.31. The van der Waals surface area contributed by atoms with Crippen molar-refractivity contribution in [3.05, 3.63) is 5.82 Å². The summed E-state index contributed by atoms with van der Waals surface area (Å²) in [5.41, 5.74) is 0. The Balaban J connectivity index is 1.97. The van der Waals surface area contributed by atoms with Crippen molar-refractivity contribution < 1.29 is 9.90 Å². The number of aryl methyl sites for hydroxylation is 1. The maximum Gasteiger partial charge on any atom is 0.310 e. The van der Waals surface area contributed by atoms with Gasteiger partial charge in [-0.1, -0.05) is 0 Å². The molecular formula is C7H9N3O2S. The van der Waals surface area contributed by atoms with Gasteiger partial charge in [-0.05, 0) is 6.92 Å². The van der Waals surface area contributed by atoms with Crippen molar-refractivity contribution in [1.82, 2.24) is 9.36 Å². The minimum atomic E-state index is -0.725. The molecule has 1 N–H and O–H groups in total. The van der Waals surface area contributed by atoms with E-state index in [1.54, 1.807) is 0 Å². The van der Waals surface area contributed by atoms with Gasteiger partial charge in [0.15, 0.2) is 0 Å². The van der Waals surface area contributed by atoms with Gasteiger partial charge in [0.05, 0.1) is 5.92 Å². The third-order valence-corrected chi connectivity index (χ3v) is 2.89. The molecule has 1 aliphatic rings. The zero-order valence-electron chi connectivity index (χ0n) is 7.10. The number of carbonyl (C=O) groups is 1. The standard InChI is InChI=1S/C7H9N3O2S/c1-4-8-7(13-9-4)10-2-5(3-10)6(11)12/h5H,2-3H2,1H3,(H,11,12). The molecule has 1 fully saturated rings. The molecule has 1 aromatic rings. The van der Waals surface area contributed by atoms with E-state index in [0.717, 1.165) is 11.0 Å². The lowest BCUT2D eigenvalue weighted by molar-refractivity contribution is -0.142. The zero-order valence-corrected chi connectivity index (χ0v) is 7.91. The Morgan fingerprint density at radius 1 is 1.69 bits per heavy atom. The molecule has 0 radical (unpaired) electrons. The monoisotopic (exact) mass is 199 g/mol. The van der Waals surface area contributed by atoms with Crippen molar-refractivity contribution in [3.8, 4) is 0 Å². The van der Waals surface area contributed by atoms with Crippen molar-refractivity contribution in [2.45, 2.75) is 6.92 Å². The summed E-state index contributed by atoms with van der Waals surface area (Å²) >= 11 is 1.32. The lowest BCUT2D eigenvalue weighted by Crippen LogP contribution is -2.50. The molecule has 2 rings (SSSR count). The van der Waals surface area contributed by atoms with E-state index in [1.165, 1.54) is 11.5 Å². The Hall–Kier alpha value is -1.17. The summed E-state index contributed by atoms with van der Waals surface area (Å²) in [5, 5.41) is 9.47. The van der Waals surface area contributed by atoms with Crippen LogP contribution in [-0.4, -0.2) is 33.5 Å². The van der Waals surface area contributed by atoms with E-state index in [4.69, 9.17) is 5.11 Å². The first-order valence-corrected chi connectivity index (χ1v) is 4.72. The molecule has 2 heterocycles. The molecule has 1 aliphatic heterocycles. The molecular weight excluding hydrogens is 190 g/mol. The first-order chi connectivity index (χ1) is 6.16. The summed E-state index contributed by atoms with van der Waals surface area (Å²) in [5.74, 6) is -0.208. The second-order valence-electron chi connectivity index (χ2n) is 3.06. The normalized spacial score (nSPS) is 17.2. The molecule has 0 bridgehead atoms. The lowest BCUT2D eigenvalue weighted by atomic mass is 10.0. The quantitative estimate of drug-likeness (QED) is 0.745. The molecule has 0 spiro atoms. The topological polar surface area (TPSA) is 66.3 Å². The molecule has 0 amide bonds. The average molecular weight is 199 g/mol. The van der Waals surface area contributed by atoms with Crippen LogP contribution in [-0.2, 0) is 4.79 Å². The van der Waals surface area contributed by atoms with Gasteiger partial charge >= 0.3 is 5.97 Å². The highest BCUT2D eigenvalue weighted by Crippen LogP contribution is 2.25. The minimum Gasteiger partial charge on any atom is -0.481 e. The summed E-state index contributed by atoms with van der Waals surface area (Å²) in [6.45, 7) is 2.95. The third-order valence-electron chi connectivity index (χ3n) is 2.02. The molecule has 1 saturated heterocycles. The van der Waals surface area contributed by atoms with Crippen LogP contribution < -0.4 is 4.90 Å². The molecule has 0 unspecified atom stereocenters. The predicted octanol–water partition coefficient (Wildman–Crippen LogP) is 0.367. The van der Waals surface area contributed by atoms with Crippen molar-refractivity contribution in [2.75, 3.05) is 18.0 Å². The van der Waals surface area contributed by atoms with E-state index >= 15 is 0 Å². The Labute approximate surface area is 79.2 Å². The van der Waals surface area contributed by atoms with Crippen LogP contribution >= 0.6 is 11.5 Å². The minimum absolute atomic E-state index is 0.232. The number of carboxylic acid groups (broad SMARTS) is 1. The van der Waals surface area contributed by atoms with Gasteiger partial charge in [0.25, 0.3) is 0 Å². The molecule has 13 heavy (non-hydrogen) atoms. The Bertz CT molecular complexity index is 332. The van der Waals surface area contributed by atoms with Crippen LogP contribution in [0.5, 0.6) is 0 Å². The molecule has 70 valence electrons. The van der Waals surface area contributed by atoms with Gasteiger partial charge in [-0.25, -0.2) is 4.98 Å². The van der Waals surface area contributed by atoms with Crippen LogP contribution in [0.15, 0.2) is 0 Å². The molecule has 0 saturated carbocycles. The summed E-state index contributed by atoms with van der Waals surface area (Å²) in [4.78, 5) is 16.6. The highest BCUT2D eigenvalue weighted by atomic mass is 32.1. The maximum atomic E-state index is 10.5. The zero-order chi connectivity index (χ0) is 9.42. The van der Waals surface area contributed by atoms with Gasteiger partial charge in [0, 0.05) is 24.6 Å². The van der Waals surface area contributed by atoms with E-state index in [9.17, 15) is 4.79 Å². The van der Waals surface area contributed by atoms with Crippen LogP contribution in [0.1, 0.15) is 5.82 Å². The van der Waals surface area contributed by atoms with Crippen molar-refractivity contribution in [3.63, 3.8) is 0 Å². The fourth-order valence-corrected chi connectivity index (χ4v) is 1.90. The Morgan fingerprint density at radius 2 is 2.38 bits per heavy atom. The molecule has 0 aromatic carbocycles. The number of aliphatic carboxylic acids is 1. The van der Waals surface area contributed by atoms with Gasteiger partial charge in [-0.2, -0.15) is 4.37 Å². The summed E-state index contributed by atoms with van der Waals surface area (Å²) in [6.07, 6.45) is 0. The maximum absolute atomic E-state index is 10.5. The van der Waals surface area contributed by atoms with E-state index in [1.807, 2.05) is 11.8 Å². The number of anilines is 1. The number of carboxylic acids is 1. The van der Waals surface area contributed by atoms with Gasteiger partial charge in [-0.15, -0.1) is 0 Å².